The molecule has 1 amide bonds. The SMILES string of the molecule is Cc1ccc(C(=O)N2N=C(c3ccco3)CC2c2ccco2)cc1. The Bertz CT molecular complexity index is 862. The summed E-state index contributed by atoms with van der Waals surface area (Å²) in [6, 6.07) is 14.5. The van der Waals surface area contributed by atoms with Gasteiger partial charge in [-0.1, -0.05) is 17.7 Å². The number of hydrazone groups is 1. The minimum atomic E-state index is -0.270. The summed E-state index contributed by atoms with van der Waals surface area (Å²) in [7, 11) is 0. The van der Waals surface area contributed by atoms with Crippen molar-refractivity contribution in [3.05, 3.63) is 83.7 Å². The first-order chi connectivity index (χ1) is 11.7. The summed E-state index contributed by atoms with van der Waals surface area (Å²) in [5, 5.41) is 6.00. The average Bonchev–Trinajstić information content (AvgIpc) is 3.33. The summed E-state index contributed by atoms with van der Waals surface area (Å²) >= 11 is 0. The van der Waals surface area contributed by atoms with Crippen molar-refractivity contribution in [2.24, 2.45) is 5.10 Å². The quantitative estimate of drug-likeness (QED) is 0.727. The fourth-order valence-electron chi connectivity index (χ4n) is 2.82. The molecule has 0 saturated heterocycles. The molecule has 0 saturated carbocycles. The van der Waals surface area contributed by atoms with E-state index in [0.717, 1.165) is 11.3 Å². The van der Waals surface area contributed by atoms with Gasteiger partial charge in [0.15, 0.2) is 0 Å². The molecule has 1 aliphatic heterocycles. The van der Waals surface area contributed by atoms with E-state index in [1.807, 2.05) is 55.5 Å². The van der Waals surface area contributed by atoms with Crippen LogP contribution in [0.3, 0.4) is 0 Å². The van der Waals surface area contributed by atoms with Gasteiger partial charge in [0, 0.05) is 12.0 Å². The van der Waals surface area contributed by atoms with E-state index in [4.69, 9.17) is 8.83 Å². The van der Waals surface area contributed by atoms with Gasteiger partial charge in [0.25, 0.3) is 5.91 Å². The molecule has 0 bridgehead atoms. The zero-order chi connectivity index (χ0) is 16.5. The van der Waals surface area contributed by atoms with Crippen LogP contribution in [0.25, 0.3) is 0 Å². The standard InChI is InChI=1S/C19H16N2O3/c1-13-6-8-14(9-7-13)19(22)21-16(18-5-3-11-24-18)12-15(20-21)17-4-2-10-23-17/h2-11,16H,12H2,1H3. The number of carbonyl (C=O) groups excluding carboxylic acids is 1. The smallest absolute Gasteiger partial charge is 0.274 e. The highest BCUT2D eigenvalue weighted by molar-refractivity contribution is 6.03. The van der Waals surface area contributed by atoms with Crippen molar-refractivity contribution >= 4 is 11.6 Å². The Hall–Kier alpha value is -3.08. The molecule has 0 N–H and O–H groups in total. The first-order valence-electron chi connectivity index (χ1n) is 7.77. The second-order valence-corrected chi connectivity index (χ2v) is 5.78. The Morgan fingerprint density at radius 3 is 2.50 bits per heavy atom. The summed E-state index contributed by atoms with van der Waals surface area (Å²) in [6.45, 7) is 1.99. The van der Waals surface area contributed by atoms with E-state index in [-0.39, 0.29) is 11.9 Å². The second-order valence-electron chi connectivity index (χ2n) is 5.78. The van der Waals surface area contributed by atoms with Crippen LogP contribution in [0.4, 0.5) is 0 Å². The summed E-state index contributed by atoms with van der Waals surface area (Å²) < 4.78 is 11.0. The van der Waals surface area contributed by atoms with Gasteiger partial charge in [-0.15, -0.1) is 0 Å². The molecular weight excluding hydrogens is 304 g/mol. The highest BCUT2D eigenvalue weighted by Crippen LogP contribution is 2.34. The minimum absolute atomic E-state index is 0.155. The van der Waals surface area contributed by atoms with E-state index in [9.17, 15) is 4.79 Å². The zero-order valence-electron chi connectivity index (χ0n) is 13.2. The maximum Gasteiger partial charge on any atom is 0.274 e. The molecule has 0 aliphatic carbocycles. The van der Waals surface area contributed by atoms with Crippen LogP contribution in [0.1, 0.15) is 39.9 Å². The topological polar surface area (TPSA) is 59.0 Å². The molecule has 3 aromatic rings. The molecule has 1 unspecified atom stereocenters. The molecule has 1 atom stereocenters. The number of hydrogen-bond acceptors (Lipinski definition) is 4. The highest BCUT2D eigenvalue weighted by Gasteiger charge is 2.36. The summed E-state index contributed by atoms with van der Waals surface area (Å²) in [5.74, 6) is 1.23. The first-order valence-corrected chi connectivity index (χ1v) is 7.77. The summed E-state index contributed by atoms with van der Waals surface area (Å²) in [6.07, 6.45) is 3.76. The van der Waals surface area contributed by atoms with Crippen LogP contribution in [0, 0.1) is 6.92 Å². The lowest BCUT2D eigenvalue weighted by Gasteiger charge is -2.19. The molecule has 2 aromatic heterocycles. The van der Waals surface area contributed by atoms with Crippen LogP contribution < -0.4 is 0 Å². The lowest BCUT2D eigenvalue weighted by Crippen LogP contribution is -2.26. The average molecular weight is 320 g/mol. The summed E-state index contributed by atoms with van der Waals surface area (Å²) in [5.41, 5.74) is 2.44. The highest BCUT2D eigenvalue weighted by atomic mass is 16.3. The monoisotopic (exact) mass is 320 g/mol. The van der Waals surface area contributed by atoms with Gasteiger partial charge in [-0.3, -0.25) is 4.79 Å². The fourth-order valence-corrected chi connectivity index (χ4v) is 2.82. The fraction of sp³-hybridized carbons (Fsp3) is 0.158. The molecule has 1 aromatic carbocycles. The predicted octanol–water partition coefficient (Wildman–Crippen LogP) is 4.17. The zero-order valence-corrected chi connectivity index (χ0v) is 13.2. The maximum absolute atomic E-state index is 12.9. The normalized spacial score (nSPS) is 17.1. The van der Waals surface area contributed by atoms with E-state index in [2.05, 4.69) is 5.10 Å². The van der Waals surface area contributed by atoms with Crippen molar-refractivity contribution in [1.82, 2.24) is 5.01 Å². The molecule has 120 valence electrons. The third-order valence-corrected chi connectivity index (χ3v) is 4.09. The van der Waals surface area contributed by atoms with Crippen LogP contribution in [-0.2, 0) is 0 Å². The van der Waals surface area contributed by atoms with Gasteiger partial charge in [0.1, 0.15) is 23.3 Å². The van der Waals surface area contributed by atoms with Crippen molar-refractivity contribution < 1.29 is 13.6 Å². The molecule has 24 heavy (non-hydrogen) atoms. The number of nitrogens with zero attached hydrogens (tertiary/aromatic N) is 2. The number of carbonyl (C=O) groups is 1. The lowest BCUT2D eigenvalue weighted by atomic mass is 10.1. The number of benzene rings is 1. The van der Waals surface area contributed by atoms with Gasteiger partial charge in [-0.25, -0.2) is 5.01 Å². The number of rotatable bonds is 3. The molecule has 0 fully saturated rings. The first kappa shape index (κ1) is 14.5. The van der Waals surface area contributed by atoms with Gasteiger partial charge < -0.3 is 8.83 Å². The predicted molar refractivity (Wildman–Crippen MR) is 88.7 cm³/mol. The third kappa shape index (κ3) is 2.54. The molecular formula is C19H16N2O3. The van der Waals surface area contributed by atoms with Gasteiger partial charge in [-0.2, -0.15) is 5.10 Å². The van der Waals surface area contributed by atoms with Gasteiger partial charge in [-0.05, 0) is 43.3 Å². The van der Waals surface area contributed by atoms with E-state index in [0.29, 0.717) is 23.5 Å². The van der Waals surface area contributed by atoms with Gasteiger partial charge in [0.05, 0.1) is 12.5 Å². The Kier molecular flexibility index (Phi) is 3.54. The molecule has 1 aliphatic rings. The molecule has 5 heteroatoms. The Morgan fingerprint density at radius 1 is 1.08 bits per heavy atom. The number of hydrogen-bond donors (Lipinski definition) is 0. The van der Waals surface area contributed by atoms with Crippen LogP contribution >= 0.6 is 0 Å². The van der Waals surface area contributed by atoms with Crippen LogP contribution in [0.2, 0.25) is 0 Å². The number of furan rings is 2. The van der Waals surface area contributed by atoms with Crippen molar-refractivity contribution in [2.45, 2.75) is 19.4 Å². The molecule has 5 nitrogen and oxygen atoms in total. The Labute approximate surface area is 139 Å². The largest absolute Gasteiger partial charge is 0.467 e. The van der Waals surface area contributed by atoms with Crippen LogP contribution in [-0.4, -0.2) is 16.6 Å². The molecule has 0 radical (unpaired) electrons. The lowest BCUT2D eigenvalue weighted by molar-refractivity contribution is 0.0693. The maximum atomic E-state index is 12.9. The molecule has 0 spiro atoms. The Morgan fingerprint density at radius 2 is 1.83 bits per heavy atom. The van der Waals surface area contributed by atoms with E-state index in [1.54, 1.807) is 12.5 Å². The number of aryl methyl sites for hydroxylation is 1. The van der Waals surface area contributed by atoms with E-state index in [1.165, 1.54) is 5.01 Å². The van der Waals surface area contributed by atoms with Gasteiger partial charge >= 0.3 is 0 Å². The molecule has 4 rings (SSSR count). The second kappa shape index (κ2) is 5.85. The Balaban J connectivity index is 1.70. The van der Waals surface area contributed by atoms with Crippen LogP contribution in [0.15, 0.2) is 75.0 Å². The minimum Gasteiger partial charge on any atom is -0.467 e. The van der Waals surface area contributed by atoms with Gasteiger partial charge in [0.2, 0.25) is 0 Å². The van der Waals surface area contributed by atoms with Crippen LogP contribution in [0.5, 0.6) is 0 Å². The summed E-state index contributed by atoms with van der Waals surface area (Å²) in [4.78, 5) is 12.9. The van der Waals surface area contributed by atoms with Crippen molar-refractivity contribution in [2.75, 3.05) is 0 Å². The molecule has 3 heterocycles. The third-order valence-electron chi connectivity index (χ3n) is 4.09. The van der Waals surface area contributed by atoms with E-state index >= 15 is 0 Å². The van der Waals surface area contributed by atoms with E-state index < -0.39 is 0 Å². The van der Waals surface area contributed by atoms with Crippen molar-refractivity contribution in [3.8, 4) is 0 Å². The van der Waals surface area contributed by atoms with Crippen molar-refractivity contribution in [3.63, 3.8) is 0 Å². The van der Waals surface area contributed by atoms with Crippen molar-refractivity contribution in [1.29, 1.82) is 0 Å². The number of amides is 1.